The van der Waals surface area contributed by atoms with Gasteiger partial charge >= 0.3 is 6.09 Å². The molecule has 35 heavy (non-hydrogen) atoms. The molecule has 2 N–H and O–H groups in total. The van der Waals surface area contributed by atoms with Crippen LogP contribution in [0.5, 0.6) is 5.75 Å². The van der Waals surface area contributed by atoms with Crippen molar-refractivity contribution >= 4 is 28.6 Å². The van der Waals surface area contributed by atoms with Crippen LogP contribution in [0, 0.1) is 6.92 Å². The van der Waals surface area contributed by atoms with Crippen LogP contribution in [0.15, 0.2) is 18.2 Å². The molecule has 0 atom stereocenters. The number of anilines is 1. The second kappa shape index (κ2) is 12.0. The minimum Gasteiger partial charge on any atom is -0.492 e. The number of benzene rings is 1. The predicted octanol–water partition coefficient (Wildman–Crippen LogP) is 2.62. The number of carbonyl (C=O) groups excluding carboxylic acids is 1. The Hall–Kier alpha value is -3.18. The Labute approximate surface area is 205 Å². The molecule has 1 aliphatic heterocycles. The summed E-state index contributed by atoms with van der Waals surface area (Å²) in [4.78, 5) is 18.7. The van der Waals surface area contributed by atoms with Crippen LogP contribution < -0.4 is 15.4 Å². The van der Waals surface area contributed by atoms with Crippen LogP contribution in [0.2, 0.25) is 0 Å². The van der Waals surface area contributed by atoms with Crippen LogP contribution in [0.1, 0.15) is 32.5 Å². The molecule has 4 rings (SSSR count). The van der Waals surface area contributed by atoms with Gasteiger partial charge in [-0.2, -0.15) is 0 Å². The maximum Gasteiger partial charge on any atom is 0.407 e. The lowest BCUT2D eigenvalue weighted by atomic mass is 10.2. The highest BCUT2D eigenvalue weighted by atomic mass is 16.6. The van der Waals surface area contributed by atoms with E-state index in [1.165, 1.54) is 0 Å². The normalized spacial score (nSPS) is 14.5. The third-order valence-electron chi connectivity index (χ3n) is 5.74. The SMILES string of the molecule is Cc1nnc2c(NCCCCNC(=O)OC(C)C)nc3cc(OCCN4CCOCC4)ccc3n12. The summed E-state index contributed by atoms with van der Waals surface area (Å²) < 4.78 is 18.5. The van der Waals surface area contributed by atoms with Gasteiger partial charge in [0.25, 0.3) is 0 Å². The van der Waals surface area contributed by atoms with Crippen molar-refractivity contribution in [3.63, 3.8) is 0 Å². The van der Waals surface area contributed by atoms with E-state index in [0.29, 0.717) is 31.2 Å². The molecule has 1 amide bonds. The highest BCUT2D eigenvalue weighted by Crippen LogP contribution is 2.25. The summed E-state index contributed by atoms with van der Waals surface area (Å²) >= 11 is 0. The van der Waals surface area contributed by atoms with Crippen LogP contribution in [-0.2, 0) is 9.47 Å². The average Bonchev–Trinajstić information content (AvgIpc) is 3.23. The van der Waals surface area contributed by atoms with E-state index in [1.807, 2.05) is 43.4 Å². The number of unbranched alkanes of at least 4 members (excludes halogenated alkanes) is 1. The van der Waals surface area contributed by atoms with Crippen LogP contribution in [0.4, 0.5) is 10.6 Å². The van der Waals surface area contributed by atoms with Crippen molar-refractivity contribution in [3.8, 4) is 5.75 Å². The molecule has 3 aromatic rings. The quantitative estimate of drug-likeness (QED) is 0.396. The number of ether oxygens (including phenoxy) is 3. The van der Waals surface area contributed by atoms with Crippen LogP contribution >= 0.6 is 0 Å². The fourth-order valence-corrected chi connectivity index (χ4v) is 3.99. The standard InChI is InChI=1S/C24H35N7O4/c1-17(2)35-24(32)26-9-5-4-8-25-22-23-29-28-18(3)31(23)21-7-6-19(16-20(21)27-22)34-15-12-30-10-13-33-14-11-30/h6-7,16-17H,4-5,8-15H2,1-3H3,(H,25,27)(H,26,32). The van der Waals surface area contributed by atoms with Crippen molar-refractivity contribution in [2.24, 2.45) is 0 Å². The molecule has 1 saturated heterocycles. The largest absolute Gasteiger partial charge is 0.492 e. The van der Waals surface area contributed by atoms with Crippen molar-refractivity contribution < 1.29 is 19.0 Å². The molecule has 0 spiro atoms. The minimum atomic E-state index is -0.382. The zero-order valence-electron chi connectivity index (χ0n) is 20.7. The summed E-state index contributed by atoms with van der Waals surface area (Å²) in [6.07, 6.45) is 1.16. The maximum atomic E-state index is 11.6. The molecule has 0 bridgehead atoms. The number of alkyl carbamates (subject to hydrolysis) is 1. The molecular formula is C24H35N7O4. The van der Waals surface area contributed by atoms with Crippen molar-refractivity contribution in [3.05, 3.63) is 24.0 Å². The van der Waals surface area contributed by atoms with E-state index < -0.39 is 0 Å². The molecule has 3 heterocycles. The maximum absolute atomic E-state index is 11.6. The van der Waals surface area contributed by atoms with Crippen LogP contribution in [-0.4, -0.2) is 89.2 Å². The van der Waals surface area contributed by atoms with Crippen molar-refractivity contribution in [2.75, 3.05) is 57.9 Å². The Morgan fingerprint density at radius 1 is 1.17 bits per heavy atom. The lowest BCUT2D eigenvalue weighted by Gasteiger charge is -2.26. The first-order valence-corrected chi connectivity index (χ1v) is 12.3. The summed E-state index contributed by atoms with van der Waals surface area (Å²) in [5.41, 5.74) is 2.43. The molecule has 0 aliphatic carbocycles. The molecule has 11 heteroatoms. The molecular weight excluding hydrogens is 450 g/mol. The summed E-state index contributed by atoms with van der Waals surface area (Å²) in [6.45, 7) is 11.8. The molecule has 1 fully saturated rings. The minimum absolute atomic E-state index is 0.125. The molecule has 0 unspecified atom stereocenters. The lowest BCUT2D eigenvalue weighted by molar-refractivity contribution is 0.0322. The Morgan fingerprint density at radius 3 is 2.77 bits per heavy atom. The van der Waals surface area contributed by atoms with Gasteiger partial charge < -0.3 is 24.8 Å². The number of aryl methyl sites for hydroxylation is 1. The monoisotopic (exact) mass is 485 g/mol. The summed E-state index contributed by atoms with van der Waals surface area (Å²) in [7, 11) is 0. The van der Waals surface area contributed by atoms with Gasteiger partial charge in [-0.05, 0) is 45.7 Å². The third kappa shape index (κ3) is 6.70. The number of morpholine rings is 1. The predicted molar refractivity (Wildman–Crippen MR) is 133 cm³/mol. The molecule has 1 aromatic carbocycles. The van der Waals surface area contributed by atoms with Gasteiger partial charge in [-0.3, -0.25) is 9.30 Å². The third-order valence-corrected chi connectivity index (χ3v) is 5.74. The van der Waals surface area contributed by atoms with Gasteiger partial charge in [-0.15, -0.1) is 10.2 Å². The van der Waals surface area contributed by atoms with E-state index in [2.05, 4.69) is 25.7 Å². The first kappa shape index (κ1) is 24.9. The van der Waals surface area contributed by atoms with Gasteiger partial charge in [0.2, 0.25) is 5.65 Å². The summed E-state index contributed by atoms with van der Waals surface area (Å²) in [6, 6.07) is 5.93. The number of hydrogen-bond acceptors (Lipinski definition) is 9. The number of nitrogens with zero attached hydrogens (tertiary/aromatic N) is 5. The van der Waals surface area contributed by atoms with Crippen molar-refractivity contribution in [1.82, 2.24) is 29.8 Å². The second-order valence-electron chi connectivity index (χ2n) is 8.83. The first-order valence-electron chi connectivity index (χ1n) is 12.3. The van der Waals surface area contributed by atoms with E-state index in [-0.39, 0.29) is 12.2 Å². The molecule has 0 radical (unpaired) electrons. The Morgan fingerprint density at radius 2 is 1.97 bits per heavy atom. The number of carbonyl (C=O) groups is 1. The van der Waals surface area contributed by atoms with Crippen molar-refractivity contribution in [2.45, 2.75) is 39.7 Å². The number of aromatic nitrogens is 4. The smallest absolute Gasteiger partial charge is 0.407 e. The zero-order chi connectivity index (χ0) is 24.6. The van der Waals surface area contributed by atoms with Gasteiger partial charge in [-0.25, -0.2) is 9.78 Å². The highest BCUT2D eigenvalue weighted by molar-refractivity contribution is 5.84. The average molecular weight is 486 g/mol. The lowest BCUT2D eigenvalue weighted by Crippen LogP contribution is -2.38. The first-order chi connectivity index (χ1) is 17.0. The Bertz CT molecular complexity index is 1130. The summed E-state index contributed by atoms with van der Waals surface area (Å²) in [5, 5.41) is 14.7. The topological polar surface area (TPSA) is 115 Å². The number of fused-ring (bicyclic) bond motifs is 3. The number of hydrogen-bond donors (Lipinski definition) is 2. The van der Waals surface area contributed by atoms with E-state index >= 15 is 0 Å². The van der Waals surface area contributed by atoms with Crippen molar-refractivity contribution in [1.29, 1.82) is 0 Å². The van der Waals surface area contributed by atoms with Gasteiger partial charge in [-0.1, -0.05) is 0 Å². The molecule has 0 saturated carbocycles. The van der Waals surface area contributed by atoms with Gasteiger partial charge in [0.05, 0.1) is 30.4 Å². The van der Waals surface area contributed by atoms with E-state index in [9.17, 15) is 4.79 Å². The Balaban J connectivity index is 1.36. The highest BCUT2D eigenvalue weighted by Gasteiger charge is 2.14. The fraction of sp³-hybridized carbons (Fsp3) is 0.583. The zero-order valence-corrected chi connectivity index (χ0v) is 20.7. The molecule has 190 valence electrons. The molecule has 2 aromatic heterocycles. The molecule has 11 nitrogen and oxygen atoms in total. The van der Waals surface area contributed by atoms with Crippen LogP contribution in [0.3, 0.4) is 0 Å². The van der Waals surface area contributed by atoms with E-state index in [0.717, 1.165) is 68.3 Å². The van der Waals surface area contributed by atoms with E-state index in [4.69, 9.17) is 19.2 Å². The molecule has 1 aliphatic rings. The van der Waals surface area contributed by atoms with Gasteiger partial charge in [0.1, 0.15) is 18.2 Å². The Kier molecular flexibility index (Phi) is 8.54. The number of rotatable bonds is 11. The van der Waals surface area contributed by atoms with Gasteiger partial charge in [0.15, 0.2) is 5.82 Å². The second-order valence-corrected chi connectivity index (χ2v) is 8.83. The van der Waals surface area contributed by atoms with E-state index in [1.54, 1.807) is 0 Å². The fourth-order valence-electron chi connectivity index (χ4n) is 3.99. The number of amides is 1. The van der Waals surface area contributed by atoms with Gasteiger partial charge in [0, 0.05) is 38.8 Å². The van der Waals surface area contributed by atoms with Crippen LogP contribution in [0.25, 0.3) is 16.7 Å². The number of nitrogens with one attached hydrogen (secondary N) is 2. The summed E-state index contributed by atoms with van der Waals surface area (Å²) in [5.74, 6) is 2.26.